The molecule has 0 unspecified atom stereocenters. The minimum atomic E-state index is -0.746. The zero-order valence-electron chi connectivity index (χ0n) is 13.5. The maximum Gasteiger partial charge on any atom is 0.273 e. The third-order valence-electron chi connectivity index (χ3n) is 3.47. The second-order valence-electron chi connectivity index (χ2n) is 5.11. The Bertz CT molecular complexity index is 727. The van der Waals surface area contributed by atoms with Crippen LogP contribution in [0.4, 0.5) is 0 Å². The van der Waals surface area contributed by atoms with Gasteiger partial charge in [0.25, 0.3) is 5.91 Å². The van der Waals surface area contributed by atoms with Crippen molar-refractivity contribution in [1.82, 2.24) is 5.43 Å². The van der Waals surface area contributed by atoms with Crippen molar-refractivity contribution < 1.29 is 14.6 Å². The molecule has 5 heteroatoms. The summed E-state index contributed by atoms with van der Waals surface area (Å²) in [7, 11) is 1.46. The quantitative estimate of drug-likeness (QED) is 0.467. The summed E-state index contributed by atoms with van der Waals surface area (Å²) in [4.78, 5) is 12.2. The number of aromatic hydroxyl groups is 1. The van der Waals surface area contributed by atoms with Crippen LogP contribution in [0.25, 0.3) is 0 Å². The third-order valence-corrected chi connectivity index (χ3v) is 3.47. The number of hydrazone groups is 1. The van der Waals surface area contributed by atoms with Gasteiger partial charge in [0, 0.05) is 12.7 Å². The van der Waals surface area contributed by atoms with Gasteiger partial charge in [0.15, 0.2) is 6.10 Å². The molecule has 24 heavy (non-hydrogen) atoms. The zero-order valence-corrected chi connectivity index (χ0v) is 13.5. The highest BCUT2D eigenvalue weighted by Crippen LogP contribution is 2.21. The fourth-order valence-corrected chi connectivity index (χ4v) is 2.28. The topological polar surface area (TPSA) is 70.9 Å². The average molecular weight is 324 g/mol. The standard InChI is InChI=1S/C19H20N2O3/c1-3-8-14-11-7-12-16(17(14)22)13-20-21-19(23)18(24-2)15-9-5-4-6-10-15/h3-7,9-13,18,22H,1,8H2,2H3,(H,21,23)/b20-13-/t18-/m1/s1. The first-order valence-corrected chi connectivity index (χ1v) is 7.49. The number of carbonyl (C=O) groups excluding carboxylic acids is 1. The predicted octanol–water partition coefficient (Wildman–Crippen LogP) is 2.96. The lowest BCUT2D eigenvalue weighted by molar-refractivity contribution is -0.131. The number of nitrogens with one attached hydrogen (secondary N) is 1. The van der Waals surface area contributed by atoms with E-state index in [1.807, 2.05) is 42.5 Å². The molecule has 0 aliphatic rings. The lowest BCUT2D eigenvalue weighted by Gasteiger charge is -2.13. The number of allylic oxidation sites excluding steroid dienone is 1. The van der Waals surface area contributed by atoms with Crippen LogP contribution in [0.3, 0.4) is 0 Å². The van der Waals surface area contributed by atoms with E-state index >= 15 is 0 Å². The minimum absolute atomic E-state index is 0.127. The van der Waals surface area contributed by atoms with Crippen LogP contribution in [0.15, 0.2) is 66.3 Å². The Labute approximate surface area is 141 Å². The highest BCUT2D eigenvalue weighted by Gasteiger charge is 2.19. The molecular weight excluding hydrogens is 304 g/mol. The van der Waals surface area contributed by atoms with E-state index in [9.17, 15) is 9.90 Å². The summed E-state index contributed by atoms with van der Waals surface area (Å²) in [6.07, 6.45) is 2.92. The molecule has 0 spiro atoms. The van der Waals surface area contributed by atoms with Crippen LogP contribution >= 0.6 is 0 Å². The Balaban J connectivity index is 2.07. The molecule has 0 saturated carbocycles. The second kappa shape index (κ2) is 8.64. The Kier molecular flexibility index (Phi) is 6.28. The Morgan fingerprint density at radius 1 is 1.29 bits per heavy atom. The Morgan fingerprint density at radius 2 is 2.04 bits per heavy atom. The second-order valence-corrected chi connectivity index (χ2v) is 5.11. The number of benzene rings is 2. The first-order chi connectivity index (χ1) is 11.7. The van der Waals surface area contributed by atoms with Crippen LogP contribution in [0, 0.1) is 0 Å². The molecule has 2 aromatic carbocycles. The largest absolute Gasteiger partial charge is 0.507 e. The van der Waals surface area contributed by atoms with Gasteiger partial charge in [0.05, 0.1) is 6.21 Å². The molecule has 0 aliphatic heterocycles. The number of phenolic OH excluding ortho intramolecular Hbond substituents is 1. The van der Waals surface area contributed by atoms with Gasteiger partial charge in [-0.05, 0) is 23.6 Å². The molecule has 2 rings (SSSR count). The van der Waals surface area contributed by atoms with Crippen molar-refractivity contribution in [1.29, 1.82) is 0 Å². The average Bonchev–Trinajstić information content (AvgIpc) is 2.60. The Morgan fingerprint density at radius 3 is 2.71 bits per heavy atom. The van der Waals surface area contributed by atoms with Gasteiger partial charge in [-0.3, -0.25) is 4.79 Å². The molecule has 1 atom stereocenters. The molecular formula is C19H20N2O3. The maximum absolute atomic E-state index is 12.2. The molecule has 0 heterocycles. The van der Waals surface area contributed by atoms with E-state index in [1.165, 1.54) is 13.3 Å². The molecule has 0 aliphatic carbocycles. The van der Waals surface area contributed by atoms with Crippen LogP contribution in [0.1, 0.15) is 22.8 Å². The monoisotopic (exact) mass is 324 g/mol. The van der Waals surface area contributed by atoms with E-state index in [-0.39, 0.29) is 11.7 Å². The summed E-state index contributed by atoms with van der Waals surface area (Å²) in [5.41, 5.74) is 4.44. The molecule has 2 N–H and O–H groups in total. The lowest BCUT2D eigenvalue weighted by atomic mass is 10.1. The number of rotatable bonds is 7. The number of para-hydroxylation sites is 1. The van der Waals surface area contributed by atoms with E-state index in [0.29, 0.717) is 12.0 Å². The number of nitrogens with zero attached hydrogens (tertiary/aromatic N) is 1. The van der Waals surface area contributed by atoms with Gasteiger partial charge in [-0.1, -0.05) is 48.5 Å². The number of hydrogen-bond acceptors (Lipinski definition) is 4. The summed E-state index contributed by atoms with van der Waals surface area (Å²) in [6, 6.07) is 14.5. The van der Waals surface area contributed by atoms with Gasteiger partial charge in [0.2, 0.25) is 0 Å². The first kappa shape index (κ1) is 17.4. The van der Waals surface area contributed by atoms with E-state index in [0.717, 1.165) is 11.1 Å². The normalized spacial score (nSPS) is 12.0. The van der Waals surface area contributed by atoms with Crippen molar-refractivity contribution in [3.05, 3.63) is 77.9 Å². The van der Waals surface area contributed by atoms with Crippen molar-refractivity contribution in [3.8, 4) is 5.75 Å². The van der Waals surface area contributed by atoms with E-state index in [2.05, 4.69) is 17.1 Å². The number of amides is 1. The summed E-state index contributed by atoms with van der Waals surface area (Å²) in [5, 5.41) is 14.0. The summed E-state index contributed by atoms with van der Waals surface area (Å²) in [5.74, 6) is -0.261. The van der Waals surface area contributed by atoms with Gasteiger partial charge in [0.1, 0.15) is 5.75 Å². The van der Waals surface area contributed by atoms with Gasteiger partial charge in [-0.25, -0.2) is 5.43 Å². The lowest BCUT2D eigenvalue weighted by Crippen LogP contribution is -2.26. The van der Waals surface area contributed by atoms with Crippen molar-refractivity contribution in [2.24, 2.45) is 5.10 Å². The molecule has 0 fully saturated rings. The van der Waals surface area contributed by atoms with Crippen molar-refractivity contribution in [2.75, 3.05) is 7.11 Å². The van der Waals surface area contributed by atoms with E-state index in [4.69, 9.17) is 4.74 Å². The summed E-state index contributed by atoms with van der Waals surface area (Å²) >= 11 is 0. The van der Waals surface area contributed by atoms with Crippen LogP contribution in [-0.2, 0) is 16.0 Å². The molecule has 5 nitrogen and oxygen atoms in total. The molecule has 2 aromatic rings. The van der Waals surface area contributed by atoms with Crippen LogP contribution in [-0.4, -0.2) is 24.3 Å². The van der Waals surface area contributed by atoms with Crippen molar-refractivity contribution in [3.63, 3.8) is 0 Å². The van der Waals surface area contributed by atoms with Crippen molar-refractivity contribution >= 4 is 12.1 Å². The zero-order chi connectivity index (χ0) is 17.4. The van der Waals surface area contributed by atoms with Crippen LogP contribution in [0.2, 0.25) is 0 Å². The third kappa shape index (κ3) is 4.30. The maximum atomic E-state index is 12.2. The first-order valence-electron chi connectivity index (χ1n) is 7.49. The predicted molar refractivity (Wildman–Crippen MR) is 93.9 cm³/mol. The number of ether oxygens (including phenoxy) is 1. The van der Waals surface area contributed by atoms with Crippen molar-refractivity contribution in [2.45, 2.75) is 12.5 Å². The smallest absolute Gasteiger partial charge is 0.273 e. The fraction of sp³-hybridized carbons (Fsp3) is 0.158. The molecule has 1 amide bonds. The number of phenols is 1. The van der Waals surface area contributed by atoms with Gasteiger partial charge < -0.3 is 9.84 Å². The van der Waals surface area contributed by atoms with Crippen LogP contribution < -0.4 is 5.43 Å². The van der Waals surface area contributed by atoms with Crippen LogP contribution in [0.5, 0.6) is 5.75 Å². The molecule has 0 bridgehead atoms. The number of methoxy groups -OCH3 is 1. The van der Waals surface area contributed by atoms with Gasteiger partial charge >= 0.3 is 0 Å². The van der Waals surface area contributed by atoms with Gasteiger partial charge in [-0.15, -0.1) is 6.58 Å². The fourth-order valence-electron chi connectivity index (χ4n) is 2.28. The summed E-state index contributed by atoms with van der Waals surface area (Å²) < 4.78 is 5.23. The summed E-state index contributed by atoms with van der Waals surface area (Å²) in [6.45, 7) is 3.65. The molecule has 0 radical (unpaired) electrons. The SMILES string of the molecule is C=CCc1cccc(/C=N\NC(=O)[C@H](OC)c2ccccc2)c1O. The number of carbonyl (C=O) groups is 1. The Hall–Kier alpha value is -2.92. The highest BCUT2D eigenvalue weighted by molar-refractivity contribution is 5.87. The molecule has 0 aromatic heterocycles. The molecule has 0 saturated heterocycles. The van der Waals surface area contributed by atoms with E-state index in [1.54, 1.807) is 12.1 Å². The minimum Gasteiger partial charge on any atom is -0.507 e. The molecule has 124 valence electrons. The van der Waals surface area contributed by atoms with Gasteiger partial charge in [-0.2, -0.15) is 5.10 Å². The van der Waals surface area contributed by atoms with E-state index < -0.39 is 6.10 Å². The number of hydrogen-bond donors (Lipinski definition) is 2. The highest BCUT2D eigenvalue weighted by atomic mass is 16.5.